The maximum Gasteiger partial charge on any atom is 0.335 e. The average molecular weight is 431 g/mol. The van der Waals surface area contributed by atoms with Crippen molar-refractivity contribution in [1.29, 1.82) is 0 Å². The van der Waals surface area contributed by atoms with Crippen LogP contribution in [0.25, 0.3) is 17.4 Å². The summed E-state index contributed by atoms with van der Waals surface area (Å²) in [6, 6.07) is 17.4. The van der Waals surface area contributed by atoms with E-state index >= 15 is 0 Å². The highest BCUT2D eigenvalue weighted by Gasteiger charge is 2.35. The quantitative estimate of drug-likeness (QED) is 0.406. The fourth-order valence-electron chi connectivity index (χ4n) is 3.09. The third kappa shape index (κ3) is 4.41. The van der Waals surface area contributed by atoms with Gasteiger partial charge in [-0.3, -0.25) is 9.59 Å². The van der Waals surface area contributed by atoms with Crippen LogP contribution in [0.15, 0.2) is 76.8 Å². The van der Waals surface area contributed by atoms with Crippen LogP contribution in [-0.4, -0.2) is 40.4 Å². The number of aromatic carboxylic acids is 1. The molecule has 1 aliphatic rings. The van der Waals surface area contributed by atoms with Gasteiger partial charge in [0.05, 0.1) is 5.56 Å². The zero-order valence-corrected chi connectivity index (χ0v) is 16.6. The summed E-state index contributed by atoms with van der Waals surface area (Å²) in [5, 5.41) is 14.0. The van der Waals surface area contributed by atoms with Crippen molar-refractivity contribution in [2.24, 2.45) is 0 Å². The van der Waals surface area contributed by atoms with Gasteiger partial charge in [0, 0.05) is 17.3 Å². The van der Waals surface area contributed by atoms with Gasteiger partial charge in [0.1, 0.15) is 23.8 Å². The zero-order valence-electron chi connectivity index (χ0n) is 16.6. The van der Waals surface area contributed by atoms with Crippen molar-refractivity contribution >= 4 is 35.6 Å². The number of anilines is 1. The maximum atomic E-state index is 12.6. The molecule has 0 unspecified atom stereocenters. The van der Waals surface area contributed by atoms with E-state index in [1.807, 2.05) is 0 Å². The van der Waals surface area contributed by atoms with Crippen LogP contribution >= 0.6 is 0 Å². The van der Waals surface area contributed by atoms with Crippen molar-refractivity contribution in [2.45, 2.75) is 0 Å². The molecule has 0 atom stereocenters. The lowest BCUT2D eigenvalue weighted by Crippen LogP contribution is -2.38. The largest absolute Gasteiger partial charge is 0.478 e. The lowest BCUT2D eigenvalue weighted by Gasteiger charge is -2.11. The summed E-state index contributed by atoms with van der Waals surface area (Å²) < 4.78 is 5.69. The molecular weight excluding hydrogens is 414 g/mol. The molecule has 0 aliphatic carbocycles. The molecule has 0 saturated carbocycles. The number of imide groups is 1. The lowest BCUT2D eigenvalue weighted by molar-refractivity contribution is -0.127. The number of carbonyl (C=O) groups excluding carboxylic acids is 3. The molecule has 1 fully saturated rings. The Labute approximate surface area is 181 Å². The van der Waals surface area contributed by atoms with E-state index in [1.165, 1.54) is 18.2 Å². The standard InChI is InChI=1S/C23H17N3O6/c27-20(24-16-4-2-1-3-5-16)13-26-21(28)18(25-23(26)31)12-17-10-11-19(32-17)14-6-8-15(9-7-14)22(29)30/h1-12H,13H2,(H,24,27)(H,25,31)(H,29,30). The summed E-state index contributed by atoms with van der Waals surface area (Å²) in [4.78, 5) is 48.7. The Morgan fingerprint density at radius 1 is 1.00 bits per heavy atom. The van der Waals surface area contributed by atoms with E-state index in [2.05, 4.69) is 10.6 Å². The van der Waals surface area contributed by atoms with Crippen molar-refractivity contribution in [1.82, 2.24) is 10.2 Å². The molecule has 1 saturated heterocycles. The number of furan rings is 1. The SMILES string of the molecule is O=C(CN1C(=O)NC(=Cc2ccc(-c3ccc(C(=O)O)cc3)o2)C1=O)Nc1ccccc1. The molecule has 4 rings (SSSR count). The number of carboxylic acids is 1. The third-order valence-corrected chi connectivity index (χ3v) is 4.65. The Bertz CT molecular complexity index is 1230. The predicted molar refractivity (Wildman–Crippen MR) is 114 cm³/mol. The van der Waals surface area contributed by atoms with Gasteiger partial charge in [-0.25, -0.2) is 14.5 Å². The summed E-state index contributed by atoms with van der Waals surface area (Å²) in [7, 11) is 0. The first-order chi connectivity index (χ1) is 15.4. The minimum absolute atomic E-state index is 0.0235. The van der Waals surface area contributed by atoms with E-state index in [4.69, 9.17) is 9.52 Å². The molecule has 9 heteroatoms. The number of benzene rings is 2. The van der Waals surface area contributed by atoms with Crippen LogP contribution in [0.3, 0.4) is 0 Å². The van der Waals surface area contributed by atoms with Gasteiger partial charge >= 0.3 is 12.0 Å². The summed E-state index contributed by atoms with van der Waals surface area (Å²) in [5.41, 5.74) is 1.34. The number of nitrogens with zero attached hydrogens (tertiary/aromatic N) is 1. The smallest absolute Gasteiger partial charge is 0.335 e. The van der Waals surface area contributed by atoms with E-state index in [-0.39, 0.29) is 11.3 Å². The van der Waals surface area contributed by atoms with Crippen molar-refractivity contribution in [2.75, 3.05) is 11.9 Å². The Morgan fingerprint density at radius 2 is 1.72 bits per heavy atom. The Hall–Kier alpha value is -4.66. The molecule has 4 amide bonds. The van der Waals surface area contributed by atoms with Crippen molar-refractivity contribution in [3.63, 3.8) is 0 Å². The highest BCUT2D eigenvalue weighted by molar-refractivity contribution is 6.15. The second-order valence-corrected chi connectivity index (χ2v) is 6.88. The number of amides is 4. The second kappa shape index (κ2) is 8.60. The minimum atomic E-state index is -1.03. The Morgan fingerprint density at radius 3 is 2.41 bits per heavy atom. The van der Waals surface area contributed by atoms with Crippen LogP contribution in [0, 0.1) is 0 Å². The number of nitrogens with one attached hydrogen (secondary N) is 2. The number of rotatable bonds is 6. The highest BCUT2D eigenvalue weighted by atomic mass is 16.4. The van der Waals surface area contributed by atoms with Gasteiger partial charge in [0.15, 0.2) is 0 Å². The lowest BCUT2D eigenvalue weighted by atomic mass is 10.1. The molecule has 3 N–H and O–H groups in total. The topological polar surface area (TPSA) is 129 Å². The summed E-state index contributed by atoms with van der Waals surface area (Å²) in [6.45, 7) is -0.434. The van der Waals surface area contributed by atoms with Gasteiger partial charge in [-0.15, -0.1) is 0 Å². The van der Waals surface area contributed by atoms with Crippen LogP contribution < -0.4 is 10.6 Å². The molecule has 1 aliphatic heterocycles. The fourth-order valence-corrected chi connectivity index (χ4v) is 3.09. The van der Waals surface area contributed by atoms with Crippen molar-refractivity contribution in [3.05, 3.63) is 83.8 Å². The van der Waals surface area contributed by atoms with Gasteiger partial charge in [0.25, 0.3) is 5.91 Å². The van der Waals surface area contributed by atoms with Crippen LogP contribution in [0.4, 0.5) is 10.5 Å². The Balaban J connectivity index is 1.45. The van der Waals surface area contributed by atoms with E-state index in [0.29, 0.717) is 22.8 Å². The fraction of sp³-hybridized carbons (Fsp3) is 0.0435. The molecular formula is C23H17N3O6. The summed E-state index contributed by atoms with van der Waals surface area (Å²) in [5.74, 6) is -1.42. The highest BCUT2D eigenvalue weighted by Crippen LogP contribution is 2.24. The van der Waals surface area contributed by atoms with Gasteiger partial charge < -0.3 is 20.2 Å². The van der Waals surface area contributed by atoms with E-state index in [9.17, 15) is 19.2 Å². The summed E-state index contributed by atoms with van der Waals surface area (Å²) in [6.07, 6.45) is 1.37. The van der Waals surface area contributed by atoms with Crippen molar-refractivity contribution < 1.29 is 28.7 Å². The van der Waals surface area contributed by atoms with Crippen LogP contribution in [-0.2, 0) is 9.59 Å². The molecule has 32 heavy (non-hydrogen) atoms. The van der Waals surface area contributed by atoms with Gasteiger partial charge in [-0.1, -0.05) is 30.3 Å². The van der Waals surface area contributed by atoms with E-state index in [1.54, 1.807) is 54.6 Å². The normalized spacial score (nSPS) is 14.5. The average Bonchev–Trinajstić information content (AvgIpc) is 3.35. The molecule has 1 aromatic heterocycles. The number of urea groups is 1. The molecule has 2 heterocycles. The Kier molecular flexibility index (Phi) is 5.54. The monoisotopic (exact) mass is 431 g/mol. The molecule has 0 bridgehead atoms. The minimum Gasteiger partial charge on any atom is -0.478 e. The number of carbonyl (C=O) groups is 4. The molecule has 9 nitrogen and oxygen atoms in total. The third-order valence-electron chi connectivity index (χ3n) is 4.65. The molecule has 160 valence electrons. The first-order valence-corrected chi connectivity index (χ1v) is 9.54. The van der Waals surface area contributed by atoms with Gasteiger partial charge in [-0.2, -0.15) is 0 Å². The predicted octanol–water partition coefficient (Wildman–Crippen LogP) is 3.18. The number of para-hydroxylation sites is 1. The maximum absolute atomic E-state index is 12.6. The number of hydrogen-bond donors (Lipinski definition) is 3. The first-order valence-electron chi connectivity index (χ1n) is 9.54. The zero-order chi connectivity index (χ0) is 22.7. The molecule has 0 radical (unpaired) electrons. The van der Waals surface area contributed by atoms with Crippen LogP contribution in [0.5, 0.6) is 0 Å². The van der Waals surface area contributed by atoms with Gasteiger partial charge in [-0.05, 0) is 36.4 Å². The molecule has 2 aromatic carbocycles. The van der Waals surface area contributed by atoms with E-state index < -0.39 is 30.4 Å². The van der Waals surface area contributed by atoms with Crippen molar-refractivity contribution in [3.8, 4) is 11.3 Å². The van der Waals surface area contributed by atoms with Crippen LogP contribution in [0.2, 0.25) is 0 Å². The van der Waals surface area contributed by atoms with E-state index in [0.717, 1.165) is 4.90 Å². The summed E-state index contributed by atoms with van der Waals surface area (Å²) >= 11 is 0. The van der Waals surface area contributed by atoms with Crippen LogP contribution in [0.1, 0.15) is 16.1 Å². The van der Waals surface area contributed by atoms with Gasteiger partial charge in [0.2, 0.25) is 5.91 Å². The first kappa shape index (κ1) is 20.6. The second-order valence-electron chi connectivity index (χ2n) is 6.88. The number of hydrogen-bond acceptors (Lipinski definition) is 5. The number of carboxylic acid groups (broad SMARTS) is 1. The molecule has 0 spiro atoms. The molecule has 3 aromatic rings.